The van der Waals surface area contributed by atoms with Gasteiger partial charge in [-0.3, -0.25) is 5.32 Å². The zero-order valence-corrected chi connectivity index (χ0v) is 7.43. The standard InChI is InChI=1S/C8H18NO2/c1-4-7-9-8(10-5-2)11-6-3/h8-9H,1,4-7H2,2-3H3. The van der Waals surface area contributed by atoms with Crippen LogP contribution >= 0.6 is 0 Å². The topological polar surface area (TPSA) is 30.5 Å². The number of hydrogen-bond acceptors (Lipinski definition) is 3. The molecule has 0 unspecified atom stereocenters. The monoisotopic (exact) mass is 160 g/mol. The first-order valence-electron chi connectivity index (χ1n) is 4.11. The van der Waals surface area contributed by atoms with Crippen LogP contribution in [0.5, 0.6) is 0 Å². The smallest absolute Gasteiger partial charge is 0.216 e. The third-order valence-corrected chi connectivity index (χ3v) is 1.12. The molecular formula is C8H18NO2. The second kappa shape index (κ2) is 7.98. The van der Waals surface area contributed by atoms with Gasteiger partial charge in [-0.1, -0.05) is 6.92 Å². The van der Waals surface area contributed by atoms with Crippen molar-refractivity contribution in [3.8, 4) is 0 Å². The van der Waals surface area contributed by atoms with Crippen molar-refractivity contribution < 1.29 is 9.47 Å². The van der Waals surface area contributed by atoms with Gasteiger partial charge in [0.15, 0.2) is 0 Å². The molecule has 0 heterocycles. The van der Waals surface area contributed by atoms with Crippen LogP contribution < -0.4 is 5.32 Å². The van der Waals surface area contributed by atoms with Crippen molar-refractivity contribution in [1.82, 2.24) is 5.32 Å². The number of ether oxygens (including phenoxy) is 2. The first-order chi connectivity index (χ1) is 5.35. The predicted molar refractivity (Wildman–Crippen MR) is 45.0 cm³/mol. The minimum absolute atomic E-state index is 0.258. The summed E-state index contributed by atoms with van der Waals surface area (Å²) < 4.78 is 10.4. The molecule has 0 aromatic heterocycles. The Balaban J connectivity index is 3.34. The van der Waals surface area contributed by atoms with Gasteiger partial charge >= 0.3 is 0 Å². The van der Waals surface area contributed by atoms with Crippen LogP contribution in [0.1, 0.15) is 20.3 Å². The van der Waals surface area contributed by atoms with E-state index in [1.54, 1.807) is 0 Å². The van der Waals surface area contributed by atoms with E-state index in [0.29, 0.717) is 13.2 Å². The lowest BCUT2D eigenvalue weighted by Gasteiger charge is -2.17. The van der Waals surface area contributed by atoms with Gasteiger partial charge in [-0.25, -0.2) is 0 Å². The van der Waals surface area contributed by atoms with E-state index in [0.717, 1.165) is 13.0 Å². The maximum Gasteiger partial charge on any atom is 0.216 e. The van der Waals surface area contributed by atoms with Crippen molar-refractivity contribution in [2.75, 3.05) is 19.8 Å². The van der Waals surface area contributed by atoms with E-state index in [9.17, 15) is 0 Å². The number of nitrogens with one attached hydrogen (secondary N) is 1. The van der Waals surface area contributed by atoms with Gasteiger partial charge in [0.05, 0.1) is 0 Å². The second-order valence-corrected chi connectivity index (χ2v) is 2.05. The summed E-state index contributed by atoms with van der Waals surface area (Å²) in [6.07, 6.45) is 0.586. The maximum absolute atomic E-state index is 5.22. The van der Waals surface area contributed by atoms with Crippen LogP contribution in [0.4, 0.5) is 0 Å². The molecule has 0 spiro atoms. The molecule has 0 aromatic carbocycles. The fourth-order valence-electron chi connectivity index (χ4n) is 0.689. The lowest BCUT2D eigenvalue weighted by atomic mass is 10.5. The van der Waals surface area contributed by atoms with Crippen molar-refractivity contribution in [3.63, 3.8) is 0 Å². The Morgan fingerprint density at radius 3 is 2.18 bits per heavy atom. The van der Waals surface area contributed by atoms with Crippen molar-refractivity contribution >= 4 is 0 Å². The summed E-state index contributed by atoms with van der Waals surface area (Å²) in [5, 5.41) is 3.06. The van der Waals surface area contributed by atoms with Crippen molar-refractivity contribution in [2.45, 2.75) is 26.7 Å². The van der Waals surface area contributed by atoms with Gasteiger partial charge < -0.3 is 9.47 Å². The van der Waals surface area contributed by atoms with Gasteiger partial charge in [0.25, 0.3) is 0 Å². The molecule has 0 amide bonds. The Morgan fingerprint density at radius 2 is 1.82 bits per heavy atom. The van der Waals surface area contributed by atoms with E-state index in [2.05, 4.69) is 12.2 Å². The fourth-order valence-corrected chi connectivity index (χ4v) is 0.689. The molecule has 0 saturated carbocycles. The Hall–Kier alpha value is -0.120. The Labute approximate surface area is 69.1 Å². The summed E-state index contributed by atoms with van der Waals surface area (Å²) in [7, 11) is 0. The van der Waals surface area contributed by atoms with E-state index >= 15 is 0 Å². The van der Waals surface area contributed by atoms with Crippen LogP contribution in [-0.4, -0.2) is 26.2 Å². The minimum Gasteiger partial charge on any atom is -0.340 e. The van der Waals surface area contributed by atoms with Gasteiger partial charge in [0, 0.05) is 13.2 Å². The molecule has 0 rings (SSSR count). The first-order valence-corrected chi connectivity index (χ1v) is 4.11. The Bertz CT molecular complexity index is 72.5. The molecule has 0 atom stereocenters. The van der Waals surface area contributed by atoms with Crippen LogP contribution in [0.25, 0.3) is 0 Å². The molecule has 0 aliphatic carbocycles. The normalized spacial score (nSPS) is 10.9. The van der Waals surface area contributed by atoms with E-state index in [-0.39, 0.29) is 6.41 Å². The predicted octanol–water partition coefficient (Wildman–Crippen LogP) is 1.16. The second-order valence-electron chi connectivity index (χ2n) is 2.05. The van der Waals surface area contributed by atoms with Gasteiger partial charge in [-0.15, -0.1) is 0 Å². The van der Waals surface area contributed by atoms with E-state index in [1.807, 2.05) is 13.8 Å². The largest absolute Gasteiger partial charge is 0.340 e. The summed E-state index contributed by atoms with van der Waals surface area (Å²) in [5.74, 6) is 0. The molecule has 11 heavy (non-hydrogen) atoms. The number of hydrogen-bond donors (Lipinski definition) is 1. The summed E-state index contributed by atoms with van der Waals surface area (Å²) in [6, 6.07) is 0. The molecule has 0 aliphatic rings. The van der Waals surface area contributed by atoms with Crippen molar-refractivity contribution in [3.05, 3.63) is 6.92 Å². The summed E-state index contributed by atoms with van der Waals surface area (Å²) in [5.41, 5.74) is 0. The SMILES string of the molecule is [CH2]CCNC(OCC)OCC. The highest BCUT2D eigenvalue weighted by Gasteiger charge is 2.03. The summed E-state index contributed by atoms with van der Waals surface area (Å²) >= 11 is 0. The third kappa shape index (κ3) is 6.28. The van der Waals surface area contributed by atoms with Crippen LogP contribution in [0.3, 0.4) is 0 Å². The molecule has 3 nitrogen and oxygen atoms in total. The summed E-state index contributed by atoms with van der Waals surface area (Å²) in [4.78, 5) is 0. The molecule has 0 aliphatic heterocycles. The molecule has 3 heteroatoms. The highest BCUT2D eigenvalue weighted by atomic mass is 16.7. The molecule has 1 radical (unpaired) electrons. The Kier molecular flexibility index (Phi) is 7.89. The van der Waals surface area contributed by atoms with Crippen molar-refractivity contribution in [1.29, 1.82) is 0 Å². The maximum atomic E-state index is 5.22. The molecule has 1 N–H and O–H groups in total. The molecule has 0 bridgehead atoms. The van der Waals surface area contributed by atoms with Crippen LogP contribution in [-0.2, 0) is 9.47 Å². The van der Waals surface area contributed by atoms with E-state index in [4.69, 9.17) is 9.47 Å². The van der Waals surface area contributed by atoms with Gasteiger partial charge in [0.2, 0.25) is 6.41 Å². The molecule has 0 aromatic rings. The van der Waals surface area contributed by atoms with Gasteiger partial charge in [0.1, 0.15) is 0 Å². The Morgan fingerprint density at radius 1 is 1.27 bits per heavy atom. The van der Waals surface area contributed by atoms with Crippen molar-refractivity contribution in [2.24, 2.45) is 0 Å². The molecule has 0 fully saturated rings. The number of rotatable bonds is 7. The quantitative estimate of drug-likeness (QED) is 0.567. The highest BCUT2D eigenvalue weighted by molar-refractivity contribution is 4.46. The van der Waals surface area contributed by atoms with Crippen LogP contribution in [0.2, 0.25) is 0 Å². The minimum atomic E-state index is -0.258. The summed E-state index contributed by atoms with van der Waals surface area (Å²) in [6.45, 7) is 9.74. The van der Waals surface area contributed by atoms with Gasteiger partial charge in [-0.2, -0.15) is 0 Å². The van der Waals surface area contributed by atoms with Crippen LogP contribution in [0, 0.1) is 6.92 Å². The van der Waals surface area contributed by atoms with E-state index < -0.39 is 0 Å². The van der Waals surface area contributed by atoms with Gasteiger partial charge in [-0.05, 0) is 26.8 Å². The zero-order chi connectivity index (χ0) is 8.53. The fraction of sp³-hybridized carbons (Fsp3) is 0.875. The average molecular weight is 160 g/mol. The average Bonchev–Trinajstić information content (AvgIpc) is 2.01. The highest BCUT2D eigenvalue weighted by Crippen LogP contribution is 1.90. The lowest BCUT2D eigenvalue weighted by molar-refractivity contribution is -0.154. The van der Waals surface area contributed by atoms with E-state index in [1.165, 1.54) is 0 Å². The van der Waals surface area contributed by atoms with Crippen LogP contribution in [0.15, 0.2) is 0 Å². The molecule has 0 saturated heterocycles. The third-order valence-electron chi connectivity index (χ3n) is 1.12. The molecule has 67 valence electrons. The first kappa shape index (κ1) is 10.9. The zero-order valence-electron chi connectivity index (χ0n) is 7.43. The molecular weight excluding hydrogens is 142 g/mol. The lowest BCUT2D eigenvalue weighted by Crippen LogP contribution is -2.34.